The highest BCUT2D eigenvalue weighted by Gasteiger charge is 2.50. The fraction of sp³-hybridized carbons (Fsp3) is 0.594. The SMILES string of the molecule is COc1ccc(CN2C(=O)CCc3c(OC[C@]4(O[Si](C)(C)C)CCNC[C@H]4O[Si](C)(C)C(C)(C)C)ccc(Cl)c32)cc1. The van der Waals surface area contributed by atoms with Crippen molar-refractivity contribution in [3.8, 4) is 11.5 Å². The fourth-order valence-electron chi connectivity index (χ4n) is 5.51. The molecule has 2 heterocycles. The highest BCUT2D eigenvalue weighted by Crippen LogP contribution is 2.43. The van der Waals surface area contributed by atoms with Crippen molar-refractivity contribution in [2.45, 2.75) is 96.1 Å². The lowest BCUT2D eigenvalue weighted by Crippen LogP contribution is -2.65. The zero-order valence-electron chi connectivity index (χ0n) is 26.9. The van der Waals surface area contributed by atoms with E-state index in [4.69, 9.17) is 29.9 Å². The Morgan fingerprint density at radius 2 is 1.74 bits per heavy atom. The first-order chi connectivity index (χ1) is 19.6. The van der Waals surface area contributed by atoms with Crippen LogP contribution in [0.1, 0.15) is 44.7 Å². The molecule has 10 heteroatoms. The number of rotatable bonds is 10. The van der Waals surface area contributed by atoms with E-state index in [0.29, 0.717) is 31.0 Å². The van der Waals surface area contributed by atoms with E-state index < -0.39 is 22.2 Å². The van der Waals surface area contributed by atoms with Crippen LogP contribution >= 0.6 is 11.6 Å². The summed E-state index contributed by atoms with van der Waals surface area (Å²) in [5.74, 6) is 1.59. The van der Waals surface area contributed by atoms with Crippen LogP contribution in [0, 0.1) is 0 Å². The van der Waals surface area contributed by atoms with Gasteiger partial charge in [0.2, 0.25) is 5.91 Å². The highest BCUT2D eigenvalue weighted by molar-refractivity contribution is 6.74. The Kier molecular flexibility index (Phi) is 9.92. The molecule has 2 aliphatic heterocycles. The van der Waals surface area contributed by atoms with Crippen LogP contribution in [0.15, 0.2) is 36.4 Å². The van der Waals surface area contributed by atoms with Gasteiger partial charge in [0.05, 0.1) is 30.5 Å². The number of piperidine rings is 1. The summed E-state index contributed by atoms with van der Waals surface area (Å²) in [5.41, 5.74) is 2.13. The summed E-state index contributed by atoms with van der Waals surface area (Å²) >= 11 is 6.78. The third-order valence-corrected chi connectivity index (χ3v) is 14.5. The van der Waals surface area contributed by atoms with E-state index in [1.54, 1.807) is 12.0 Å². The molecule has 2 atom stereocenters. The molecule has 0 unspecified atom stereocenters. The maximum absolute atomic E-state index is 13.2. The Hall–Kier alpha value is -1.89. The van der Waals surface area contributed by atoms with Crippen molar-refractivity contribution in [1.82, 2.24) is 5.32 Å². The van der Waals surface area contributed by atoms with Gasteiger partial charge in [-0.2, -0.15) is 0 Å². The van der Waals surface area contributed by atoms with Gasteiger partial charge in [-0.1, -0.05) is 44.5 Å². The van der Waals surface area contributed by atoms with Crippen molar-refractivity contribution in [2.24, 2.45) is 0 Å². The Morgan fingerprint density at radius 3 is 2.36 bits per heavy atom. The van der Waals surface area contributed by atoms with Crippen molar-refractivity contribution in [1.29, 1.82) is 0 Å². The van der Waals surface area contributed by atoms with Gasteiger partial charge in [0.25, 0.3) is 0 Å². The van der Waals surface area contributed by atoms with E-state index in [0.717, 1.165) is 47.8 Å². The Morgan fingerprint density at radius 1 is 1.05 bits per heavy atom. The third kappa shape index (κ3) is 7.42. The number of anilines is 1. The molecule has 1 amide bonds. The fourth-order valence-corrected chi connectivity index (χ4v) is 8.67. The minimum atomic E-state index is -2.09. The van der Waals surface area contributed by atoms with Gasteiger partial charge < -0.3 is 28.5 Å². The number of methoxy groups -OCH3 is 1. The monoisotopic (exact) mass is 632 g/mol. The van der Waals surface area contributed by atoms with Crippen molar-refractivity contribution in [2.75, 3.05) is 31.7 Å². The molecule has 1 fully saturated rings. The lowest BCUT2D eigenvalue weighted by Gasteiger charge is -2.51. The number of halogens is 1. The van der Waals surface area contributed by atoms with Crippen LogP contribution in [0.2, 0.25) is 42.8 Å². The van der Waals surface area contributed by atoms with Gasteiger partial charge in [-0.15, -0.1) is 0 Å². The molecule has 0 radical (unpaired) electrons. The normalized spacial score (nSPS) is 21.7. The van der Waals surface area contributed by atoms with E-state index in [2.05, 4.69) is 58.8 Å². The number of benzene rings is 2. The molecule has 2 aromatic rings. The van der Waals surface area contributed by atoms with Gasteiger partial charge in [0, 0.05) is 18.5 Å². The molecular formula is C32H49ClN2O5Si2. The standard InChI is InChI=1S/C32H49ClN2O5Si2/c1-31(2,3)42(8,9)39-28-20-34-19-18-32(28,40-41(5,6)7)22-38-27-16-15-26(33)30-25(27)14-17-29(36)35(30)21-23-10-12-24(37-4)13-11-23/h10-13,15-16,28,34H,14,17-22H2,1-9H3/t28-,32-/m1/s1. The molecule has 0 spiro atoms. The first-order valence-corrected chi connectivity index (χ1v) is 21.7. The van der Waals surface area contributed by atoms with Crippen LogP contribution in [-0.2, 0) is 26.6 Å². The lowest BCUT2D eigenvalue weighted by molar-refractivity contribution is -0.119. The first-order valence-electron chi connectivity index (χ1n) is 15.0. The summed E-state index contributed by atoms with van der Waals surface area (Å²) in [6.07, 6.45) is 1.65. The zero-order valence-corrected chi connectivity index (χ0v) is 29.6. The van der Waals surface area contributed by atoms with Crippen LogP contribution in [0.25, 0.3) is 0 Å². The van der Waals surface area contributed by atoms with Crippen molar-refractivity contribution in [3.63, 3.8) is 0 Å². The van der Waals surface area contributed by atoms with Crippen molar-refractivity contribution in [3.05, 3.63) is 52.5 Å². The molecule has 7 nitrogen and oxygen atoms in total. The van der Waals surface area contributed by atoms with Gasteiger partial charge in [0.1, 0.15) is 23.7 Å². The number of carbonyl (C=O) groups is 1. The molecular weight excluding hydrogens is 584 g/mol. The largest absolute Gasteiger partial charge is 0.497 e. The second-order valence-electron chi connectivity index (χ2n) is 14.1. The Labute approximate surface area is 259 Å². The molecule has 232 valence electrons. The molecule has 0 aliphatic carbocycles. The topological polar surface area (TPSA) is 69.3 Å². The second-order valence-corrected chi connectivity index (χ2v) is 23.7. The summed E-state index contributed by atoms with van der Waals surface area (Å²) in [5, 5.41) is 4.18. The van der Waals surface area contributed by atoms with Gasteiger partial charge in [0.15, 0.2) is 16.6 Å². The molecule has 1 saturated heterocycles. The Bertz CT molecular complexity index is 1260. The average Bonchev–Trinajstić information content (AvgIpc) is 2.90. The smallest absolute Gasteiger partial charge is 0.227 e. The number of ether oxygens (including phenoxy) is 2. The predicted octanol–water partition coefficient (Wildman–Crippen LogP) is 7.18. The van der Waals surface area contributed by atoms with Gasteiger partial charge in [-0.25, -0.2) is 0 Å². The third-order valence-electron chi connectivity index (χ3n) is 8.72. The van der Waals surface area contributed by atoms with Crippen LogP contribution in [0.5, 0.6) is 11.5 Å². The maximum atomic E-state index is 13.2. The molecule has 0 aromatic heterocycles. The van der Waals surface area contributed by atoms with Gasteiger partial charge >= 0.3 is 0 Å². The maximum Gasteiger partial charge on any atom is 0.227 e. The summed E-state index contributed by atoms with van der Waals surface area (Å²) in [4.78, 5) is 15.0. The Balaban J connectivity index is 1.65. The number of amides is 1. The van der Waals surface area contributed by atoms with Crippen molar-refractivity contribution >= 4 is 39.8 Å². The van der Waals surface area contributed by atoms with E-state index in [1.165, 1.54) is 0 Å². The summed E-state index contributed by atoms with van der Waals surface area (Å²) in [6.45, 7) is 20.5. The summed E-state index contributed by atoms with van der Waals surface area (Å²) in [6, 6.07) is 11.6. The number of carbonyl (C=O) groups excluding carboxylic acids is 1. The van der Waals surface area contributed by atoms with Crippen LogP contribution in [-0.4, -0.2) is 61.1 Å². The van der Waals surface area contributed by atoms with Crippen LogP contribution in [0.4, 0.5) is 5.69 Å². The quantitative estimate of drug-likeness (QED) is 0.280. The summed E-state index contributed by atoms with van der Waals surface area (Å²) in [7, 11) is -2.42. The molecule has 2 aliphatic rings. The number of hydrogen-bond donors (Lipinski definition) is 1. The van der Waals surface area contributed by atoms with E-state index in [9.17, 15) is 4.79 Å². The minimum absolute atomic E-state index is 0.0529. The van der Waals surface area contributed by atoms with Crippen LogP contribution in [0.3, 0.4) is 0 Å². The van der Waals surface area contributed by atoms with Gasteiger partial charge in [-0.3, -0.25) is 4.79 Å². The van der Waals surface area contributed by atoms with E-state index in [1.807, 2.05) is 36.4 Å². The van der Waals surface area contributed by atoms with E-state index >= 15 is 0 Å². The number of fused-ring (bicyclic) bond motifs is 1. The summed E-state index contributed by atoms with van der Waals surface area (Å²) < 4.78 is 26.1. The molecule has 42 heavy (non-hydrogen) atoms. The first kappa shape index (κ1) is 33.0. The second kappa shape index (κ2) is 12.6. The minimum Gasteiger partial charge on any atom is -0.497 e. The van der Waals surface area contributed by atoms with E-state index in [-0.39, 0.29) is 17.0 Å². The molecule has 4 rings (SSSR count). The molecule has 0 saturated carbocycles. The van der Waals surface area contributed by atoms with Crippen LogP contribution < -0.4 is 19.7 Å². The van der Waals surface area contributed by atoms with Gasteiger partial charge in [-0.05, 0) is 87.0 Å². The predicted molar refractivity (Wildman–Crippen MR) is 176 cm³/mol. The zero-order chi connectivity index (χ0) is 30.9. The lowest BCUT2D eigenvalue weighted by atomic mass is 9.90. The number of nitrogens with zero attached hydrogens (tertiary/aromatic N) is 1. The molecule has 2 aromatic carbocycles. The average molecular weight is 633 g/mol. The molecule has 1 N–H and O–H groups in total. The van der Waals surface area contributed by atoms with Crippen molar-refractivity contribution < 1.29 is 23.1 Å². The number of nitrogens with one attached hydrogen (secondary N) is 1. The number of hydrogen-bond acceptors (Lipinski definition) is 6. The molecule has 0 bridgehead atoms. The highest BCUT2D eigenvalue weighted by atomic mass is 35.5.